The van der Waals surface area contributed by atoms with Crippen LogP contribution >= 0.6 is 11.3 Å². The van der Waals surface area contributed by atoms with E-state index in [2.05, 4.69) is 10.3 Å². The molecule has 3 aromatic rings. The van der Waals surface area contributed by atoms with Crippen molar-refractivity contribution in [3.63, 3.8) is 0 Å². The highest BCUT2D eigenvalue weighted by Crippen LogP contribution is 2.18. The van der Waals surface area contributed by atoms with Gasteiger partial charge in [0, 0.05) is 16.8 Å². The number of amides is 1. The number of hydrogen-bond donors (Lipinski definition) is 1. The van der Waals surface area contributed by atoms with Gasteiger partial charge in [-0.05, 0) is 38.5 Å². The van der Waals surface area contributed by atoms with Gasteiger partial charge in [0.15, 0.2) is 4.96 Å². The molecule has 2 aromatic heterocycles. The third-order valence-corrected chi connectivity index (χ3v) is 5.05. The van der Waals surface area contributed by atoms with Crippen LogP contribution in [0.2, 0.25) is 0 Å². The van der Waals surface area contributed by atoms with Gasteiger partial charge in [-0.15, -0.1) is 11.3 Å². The van der Waals surface area contributed by atoms with Crippen LogP contribution in [-0.2, 0) is 0 Å². The lowest BCUT2D eigenvalue weighted by molar-refractivity contribution is 0.0938. The van der Waals surface area contributed by atoms with E-state index in [0.717, 1.165) is 16.1 Å². The first-order valence-corrected chi connectivity index (χ1v) is 8.24. The van der Waals surface area contributed by atoms with Gasteiger partial charge < -0.3 is 5.32 Å². The molecule has 5 nitrogen and oxygen atoms in total. The summed E-state index contributed by atoms with van der Waals surface area (Å²) in [5.74, 6) is -0.838. The summed E-state index contributed by atoms with van der Waals surface area (Å²) in [7, 11) is 0. The molecule has 0 spiro atoms. The monoisotopic (exact) mass is 345 g/mol. The maximum Gasteiger partial charge on any atom is 0.271 e. The van der Waals surface area contributed by atoms with E-state index in [0.29, 0.717) is 4.96 Å². The Hall–Kier alpha value is -2.54. The minimum Gasteiger partial charge on any atom is -0.345 e. The van der Waals surface area contributed by atoms with E-state index in [4.69, 9.17) is 0 Å². The number of thiazole rings is 1. The number of aromatic nitrogens is 2. The van der Waals surface area contributed by atoms with Crippen molar-refractivity contribution < 1.29 is 9.18 Å². The number of carbonyl (C=O) groups excluding carboxylic acids is 1. The van der Waals surface area contributed by atoms with Crippen LogP contribution in [0.5, 0.6) is 0 Å². The summed E-state index contributed by atoms with van der Waals surface area (Å²) in [5.41, 5.74) is 1.14. The quantitative estimate of drug-likeness (QED) is 0.794. The second kappa shape index (κ2) is 6.16. The van der Waals surface area contributed by atoms with Gasteiger partial charge in [0.05, 0.1) is 6.04 Å². The Labute approximate surface area is 141 Å². The van der Waals surface area contributed by atoms with Crippen molar-refractivity contribution in [1.29, 1.82) is 0 Å². The summed E-state index contributed by atoms with van der Waals surface area (Å²) >= 11 is 1.41. The molecule has 0 unspecified atom stereocenters. The maximum absolute atomic E-state index is 13.0. The van der Waals surface area contributed by atoms with Crippen LogP contribution in [0.25, 0.3) is 4.96 Å². The minimum absolute atomic E-state index is 0.0117. The summed E-state index contributed by atoms with van der Waals surface area (Å²) in [5, 5.41) is 2.75. The molecule has 0 fully saturated rings. The fraction of sp³-hybridized carbons (Fsp3) is 0.235. The lowest BCUT2D eigenvalue weighted by atomic mass is 10.1. The Kier molecular flexibility index (Phi) is 4.19. The molecule has 7 heteroatoms. The molecule has 0 aliphatic heterocycles. The Morgan fingerprint density at radius 3 is 2.62 bits per heavy atom. The van der Waals surface area contributed by atoms with Gasteiger partial charge in [-0.25, -0.2) is 9.37 Å². The highest BCUT2D eigenvalue weighted by atomic mass is 32.1. The van der Waals surface area contributed by atoms with E-state index in [1.807, 2.05) is 13.8 Å². The van der Waals surface area contributed by atoms with E-state index < -0.39 is 5.91 Å². The van der Waals surface area contributed by atoms with Crippen LogP contribution in [0.3, 0.4) is 0 Å². The molecule has 0 saturated heterocycles. The number of rotatable bonds is 3. The van der Waals surface area contributed by atoms with Gasteiger partial charge >= 0.3 is 0 Å². The Balaban J connectivity index is 1.91. The Morgan fingerprint density at radius 2 is 1.96 bits per heavy atom. The van der Waals surface area contributed by atoms with Crippen molar-refractivity contribution in [2.45, 2.75) is 26.8 Å². The number of fused-ring (bicyclic) bond motifs is 1. The van der Waals surface area contributed by atoms with E-state index in [1.54, 1.807) is 19.1 Å². The average molecular weight is 345 g/mol. The topological polar surface area (TPSA) is 63.5 Å². The van der Waals surface area contributed by atoms with Crippen LogP contribution in [0.1, 0.15) is 39.5 Å². The zero-order valence-corrected chi connectivity index (χ0v) is 14.3. The molecule has 0 saturated carbocycles. The number of nitrogens with zero attached hydrogens (tertiary/aromatic N) is 2. The number of nitrogens with one attached hydrogen (secondary N) is 1. The molecule has 0 aliphatic rings. The van der Waals surface area contributed by atoms with E-state index in [1.165, 1.54) is 34.1 Å². The van der Waals surface area contributed by atoms with Crippen molar-refractivity contribution in [3.8, 4) is 0 Å². The first kappa shape index (κ1) is 16.3. The van der Waals surface area contributed by atoms with Gasteiger partial charge in [-0.3, -0.25) is 14.0 Å². The largest absolute Gasteiger partial charge is 0.345 e. The van der Waals surface area contributed by atoms with Crippen LogP contribution < -0.4 is 10.9 Å². The summed E-state index contributed by atoms with van der Waals surface area (Å²) in [6.07, 6.45) is 1.31. The van der Waals surface area contributed by atoms with Crippen molar-refractivity contribution in [3.05, 3.63) is 68.3 Å². The zero-order valence-electron chi connectivity index (χ0n) is 13.5. The van der Waals surface area contributed by atoms with Gasteiger partial charge in [0.25, 0.3) is 11.5 Å². The molecule has 0 radical (unpaired) electrons. The van der Waals surface area contributed by atoms with Gasteiger partial charge in [-0.1, -0.05) is 12.1 Å². The predicted octanol–water partition coefficient (Wildman–Crippen LogP) is 3.00. The second-order valence-corrected chi connectivity index (χ2v) is 6.77. The number of halogens is 1. The molecule has 1 N–H and O–H groups in total. The number of hydrogen-bond acceptors (Lipinski definition) is 4. The molecule has 2 heterocycles. The number of benzene rings is 1. The third-order valence-electron chi connectivity index (χ3n) is 3.98. The summed E-state index contributed by atoms with van der Waals surface area (Å²) in [6.45, 7) is 5.50. The van der Waals surface area contributed by atoms with E-state index >= 15 is 0 Å². The standard InChI is InChI=1S/C17H16FN3O2S/c1-9(12-4-6-13(18)7-5-12)20-15(22)14-8-19-17-21(16(14)23)10(2)11(3)24-17/h4-9H,1-3H3,(H,20,22)/t9-/m1/s1. The highest BCUT2D eigenvalue weighted by molar-refractivity contribution is 7.17. The van der Waals surface area contributed by atoms with Crippen molar-refractivity contribution in [2.75, 3.05) is 0 Å². The lowest BCUT2D eigenvalue weighted by Gasteiger charge is -2.14. The lowest BCUT2D eigenvalue weighted by Crippen LogP contribution is -2.33. The molecule has 124 valence electrons. The molecule has 0 aliphatic carbocycles. The van der Waals surface area contributed by atoms with Crippen LogP contribution in [-0.4, -0.2) is 15.3 Å². The van der Waals surface area contributed by atoms with E-state index in [9.17, 15) is 14.0 Å². The molecule has 1 atom stereocenters. The van der Waals surface area contributed by atoms with Crippen LogP contribution in [0.15, 0.2) is 35.3 Å². The van der Waals surface area contributed by atoms with Gasteiger partial charge in [0.1, 0.15) is 11.4 Å². The molecule has 1 aromatic carbocycles. The summed E-state index contributed by atoms with van der Waals surface area (Å²) in [6, 6.07) is 5.50. The van der Waals surface area contributed by atoms with Crippen LogP contribution in [0.4, 0.5) is 4.39 Å². The minimum atomic E-state index is -0.498. The summed E-state index contributed by atoms with van der Waals surface area (Å²) in [4.78, 5) is 30.8. The van der Waals surface area contributed by atoms with Gasteiger partial charge in [-0.2, -0.15) is 0 Å². The fourth-order valence-electron chi connectivity index (χ4n) is 2.44. The highest BCUT2D eigenvalue weighted by Gasteiger charge is 2.18. The molecule has 0 bridgehead atoms. The smallest absolute Gasteiger partial charge is 0.271 e. The first-order valence-electron chi connectivity index (χ1n) is 7.42. The Morgan fingerprint density at radius 1 is 1.29 bits per heavy atom. The summed E-state index contributed by atoms with van der Waals surface area (Å²) < 4.78 is 14.4. The molecular weight excluding hydrogens is 329 g/mol. The second-order valence-electron chi connectivity index (χ2n) is 5.59. The zero-order chi connectivity index (χ0) is 17.4. The molecule has 24 heavy (non-hydrogen) atoms. The van der Waals surface area contributed by atoms with Crippen LogP contribution in [0, 0.1) is 19.7 Å². The predicted molar refractivity (Wildman–Crippen MR) is 91.1 cm³/mol. The van der Waals surface area contributed by atoms with Crippen molar-refractivity contribution in [2.24, 2.45) is 0 Å². The van der Waals surface area contributed by atoms with E-state index in [-0.39, 0.29) is 23.0 Å². The number of carbonyl (C=O) groups is 1. The normalized spacial score (nSPS) is 12.3. The Bertz CT molecular complexity index is 976. The number of aryl methyl sites for hydroxylation is 2. The van der Waals surface area contributed by atoms with Crippen molar-refractivity contribution >= 4 is 22.2 Å². The first-order chi connectivity index (χ1) is 11.4. The van der Waals surface area contributed by atoms with Crippen molar-refractivity contribution in [1.82, 2.24) is 14.7 Å². The fourth-order valence-corrected chi connectivity index (χ4v) is 3.37. The maximum atomic E-state index is 13.0. The third kappa shape index (κ3) is 2.82. The molecule has 3 rings (SSSR count). The van der Waals surface area contributed by atoms with Gasteiger partial charge in [0.2, 0.25) is 0 Å². The molecular formula is C17H16FN3O2S. The SMILES string of the molecule is Cc1sc2ncc(C(=O)N[C@H](C)c3ccc(F)cc3)c(=O)n2c1C. The molecule has 1 amide bonds. The average Bonchev–Trinajstić information content (AvgIpc) is 2.83.